The molecule has 2 bridgehead atoms. The van der Waals surface area contributed by atoms with Crippen molar-refractivity contribution in [1.82, 2.24) is 19.7 Å². The quantitative estimate of drug-likeness (QED) is 0.891. The molecule has 2 aromatic heterocycles. The summed E-state index contributed by atoms with van der Waals surface area (Å²) >= 11 is 0. The lowest BCUT2D eigenvalue weighted by atomic mass is 9.95. The van der Waals surface area contributed by atoms with Crippen molar-refractivity contribution in [3.63, 3.8) is 0 Å². The van der Waals surface area contributed by atoms with Crippen molar-refractivity contribution in [3.8, 4) is 0 Å². The fourth-order valence-electron chi connectivity index (χ4n) is 5.10. The largest absolute Gasteiger partial charge is 0.478 e. The summed E-state index contributed by atoms with van der Waals surface area (Å²) in [5.74, 6) is 0.582. The topological polar surface area (TPSA) is 74.5 Å². The number of carboxylic acid groups (broad SMARTS) is 1. The molecule has 0 spiro atoms. The standard InChI is InChI=1S/C20H27N5O2/c1-12-17-18(16(20(26)27)7-21-19(17)23(2)22-12)25-10-14-5-6-15(11-25)24(9-14)8-13-3-4-13/h7,13-15H,3-6,8-11H2,1-2H3,(H,26,27)/t14-,15-/m0/s1. The molecule has 7 heteroatoms. The fourth-order valence-corrected chi connectivity index (χ4v) is 5.10. The molecule has 2 aromatic rings. The minimum Gasteiger partial charge on any atom is -0.478 e. The van der Waals surface area contributed by atoms with Crippen molar-refractivity contribution in [2.45, 2.75) is 38.6 Å². The van der Waals surface area contributed by atoms with Crippen molar-refractivity contribution >= 4 is 22.7 Å². The molecule has 4 fully saturated rings. The normalized spacial score (nSPS) is 25.9. The number of aromatic nitrogens is 3. The number of hydrogen-bond donors (Lipinski definition) is 1. The number of pyridine rings is 1. The molecular weight excluding hydrogens is 342 g/mol. The van der Waals surface area contributed by atoms with Gasteiger partial charge in [-0.1, -0.05) is 0 Å². The molecule has 0 aromatic carbocycles. The molecule has 6 rings (SSSR count). The smallest absolute Gasteiger partial charge is 0.339 e. The molecule has 4 aliphatic rings. The number of carboxylic acids is 1. The highest BCUT2D eigenvalue weighted by molar-refractivity contribution is 6.04. The second kappa shape index (κ2) is 6.19. The maximum atomic E-state index is 12.0. The molecule has 27 heavy (non-hydrogen) atoms. The summed E-state index contributed by atoms with van der Waals surface area (Å²) in [6.07, 6.45) is 6.72. The van der Waals surface area contributed by atoms with Gasteiger partial charge in [0.05, 0.1) is 16.8 Å². The zero-order valence-electron chi connectivity index (χ0n) is 16.1. The second-order valence-corrected chi connectivity index (χ2v) is 8.63. The van der Waals surface area contributed by atoms with Crippen LogP contribution < -0.4 is 4.90 Å². The van der Waals surface area contributed by atoms with Gasteiger partial charge in [0.1, 0.15) is 5.56 Å². The molecule has 1 saturated carbocycles. The van der Waals surface area contributed by atoms with Crippen molar-refractivity contribution < 1.29 is 9.90 Å². The Hall–Kier alpha value is -2.15. The number of rotatable bonds is 4. The molecule has 0 amide bonds. The Morgan fingerprint density at radius 2 is 2.04 bits per heavy atom. The number of carbonyl (C=O) groups is 1. The molecule has 144 valence electrons. The van der Waals surface area contributed by atoms with Crippen molar-refractivity contribution in [1.29, 1.82) is 0 Å². The minimum atomic E-state index is -0.908. The highest BCUT2D eigenvalue weighted by Gasteiger charge is 2.38. The first-order valence-electron chi connectivity index (χ1n) is 10.1. The minimum absolute atomic E-state index is 0.300. The van der Waals surface area contributed by atoms with Crippen LogP contribution in [0.2, 0.25) is 0 Å². The lowest BCUT2D eigenvalue weighted by molar-refractivity contribution is 0.0697. The molecule has 1 aliphatic carbocycles. The van der Waals surface area contributed by atoms with Gasteiger partial charge in [0.25, 0.3) is 0 Å². The van der Waals surface area contributed by atoms with Crippen LogP contribution >= 0.6 is 0 Å². The summed E-state index contributed by atoms with van der Waals surface area (Å²) in [6, 6.07) is 0.520. The lowest BCUT2D eigenvalue weighted by Crippen LogP contribution is -2.44. The van der Waals surface area contributed by atoms with Gasteiger partial charge in [0.15, 0.2) is 5.65 Å². The van der Waals surface area contributed by atoms with Crippen molar-refractivity contribution in [2.75, 3.05) is 31.1 Å². The first kappa shape index (κ1) is 17.0. The first-order valence-corrected chi connectivity index (χ1v) is 10.1. The molecule has 7 nitrogen and oxygen atoms in total. The highest BCUT2D eigenvalue weighted by Crippen LogP contribution is 2.39. The van der Waals surface area contributed by atoms with Crippen molar-refractivity contribution in [2.24, 2.45) is 18.9 Å². The molecule has 0 unspecified atom stereocenters. The van der Waals surface area contributed by atoms with E-state index in [-0.39, 0.29) is 0 Å². The number of nitrogens with zero attached hydrogens (tertiary/aromatic N) is 5. The van der Waals surface area contributed by atoms with E-state index in [2.05, 4.69) is 19.9 Å². The summed E-state index contributed by atoms with van der Waals surface area (Å²) in [5.41, 5.74) is 2.74. The number of hydrogen-bond acceptors (Lipinski definition) is 5. The number of piperidine rings is 1. The van der Waals surface area contributed by atoms with Crippen LogP contribution in [0.15, 0.2) is 6.20 Å². The summed E-state index contributed by atoms with van der Waals surface area (Å²) in [5, 5.41) is 15.3. The Morgan fingerprint density at radius 3 is 2.78 bits per heavy atom. The third-order valence-electron chi connectivity index (χ3n) is 6.56. The van der Waals surface area contributed by atoms with E-state index in [1.807, 2.05) is 14.0 Å². The summed E-state index contributed by atoms with van der Waals surface area (Å²) in [6.45, 7) is 6.14. The van der Waals surface area contributed by atoms with E-state index < -0.39 is 5.97 Å². The van der Waals surface area contributed by atoms with Crippen LogP contribution in [0.25, 0.3) is 11.0 Å². The predicted molar refractivity (Wildman–Crippen MR) is 103 cm³/mol. The Bertz CT molecular complexity index is 903. The fraction of sp³-hybridized carbons (Fsp3) is 0.650. The number of aromatic carboxylic acids is 1. The number of aryl methyl sites for hydroxylation is 2. The zero-order chi connectivity index (χ0) is 18.7. The Morgan fingerprint density at radius 1 is 1.22 bits per heavy atom. The monoisotopic (exact) mass is 369 g/mol. The van der Waals surface area contributed by atoms with Gasteiger partial charge in [-0.25, -0.2) is 9.78 Å². The summed E-state index contributed by atoms with van der Waals surface area (Å²) < 4.78 is 1.76. The van der Waals surface area contributed by atoms with Crippen LogP contribution in [0.1, 0.15) is 41.7 Å². The van der Waals surface area contributed by atoms with Crippen LogP contribution in [0.3, 0.4) is 0 Å². The van der Waals surface area contributed by atoms with E-state index >= 15 is 0 Å². The molecule has 0 radical (unpaired) electrons. The summed E-state index contributed by atoms with van der Waals surface area (Å²) in [4.78, 5) is 21.4. The lowest BCUT2D eigenvalue weighted by Gasteiger charge is -2.36. The molecular formula is C20H27N5O2. The highest BCUT2D eigenvalue weighted by atomic mass is 16.4. The van der Waals surface area contributed by atoms with E-state index in [9.17, 15) is 9.90 Å². The van der Waals surface area contributed by atoms with Crippen molar-refractivity contribution in [3.05, 3.63) is 17.5 Å². The number of fused-ring (bicyclic) bond motifs is 5. The molecule has 5 heterocycles. The summed E-state index contributed by atoms with van der Waals surface area (Å²) in [7, 11) is 1.87. The Kier molecular flexibility index (Phi) is 3.89. The van der Waals surface area contributed by atoms with Gasteiger partial charge in [-0.3, -0.25) is 9.58 Å². The average molecular weight is 369 g/mol. The van der Waals surface area contributed by atoms with Crippen LogP contribution in [-0.4, -0.2) is 63.0 Å². The van der Waals surface area contributed by atoms with Crippen LogP contribution in [0, 0.1) is 18.8 Å². The average Bonchev–Trinajstić information content (AvgIpc) is 3.44. The van der Waals surface area contributed by atoms with Gasteiger partial charge in [0.2, 0.25) is 0 Å². The Labute approximate surface area is 159 Å². The molecule has 1 N–H and O–H groups in total. The zero-order valence-corrected chi connectivity index (χ0v) is 16.1. The first-order chi connectivity index (χ1) is 13.0. The Balaban J connectivity index is 1.58. The van der Waals surface area contributed by atoms with Gasteiger partial charge in [-0.05, 0) is 44.4 Å². The molecule has 2 atom stereocenters. The molecule has 3 aliphatic heterocycles. The molecule has 3 saturated heterocycles. The van der Waals surface area contributed by atoms with Crippen LogP contribution in [0.4, 0.5) is 5.69 Å². The van der Waals surface area contributed by atoms with Gasteiger partial charge >= 0.3 is 5.97 Å². The van der Waals surface area contributed by atoms with Gasteiger partial charge in [-0.2, -0.15) is 5.10 Å². The van der Waals surface area contributed by atoms with E-state index in [1.54, 1.807) is 4.68 Å². The third-order valence-corrected chi connectivity index (χ3v) is 6.56. The maximum Gasteiger partial charge on any atom is 0.339 e. The van der Waals surface area contributed by atoms with E-state index in [0.717, 1.165) is 48.0 Å². The van der Waals surface area contributed by atoms with E-state index in [0.29, 0.717) is 17.5 Å². The van der Waals surface area contributed by atoms with Crippen LogP contribution in [0.5, 0.6) is 0 Å². The van der Waals surface area contributed by atoms with Gasteiger partial charge in [0, 0.05) is 45.5 Å². The number of anilines is 1. The third kappa shape index (κ3) is 2.88. The van der Waals surface area contributed by atoms with E-state index in [1.165, 1.54) is 38.4 Å². The maximum absolute atomic E-state index is 12.0. The van der Waals surface area contributed by atoms with Crippen LogP contribution in [-0.2, 0) is 7.05 Å². The second-order valence-electron chi connectivity index (χ2n) is 8.63. The predicted octanol–water partition coefficient (Wildman–Crippen LogP) is 2.29. The van der Waals surface area contributed by atoms with Gasteiger partial charge < -0.3 is 10.0 Å². The van der Waals surface area contributed by atoms with E-state index in [4.69, 9.17) is 0 Å². The van der Waals surface area contributed by atoms with Gasteiger partial charge in [-0.15, -0.1) is 0 Å². The SMILES string of the molecule is Cc1nn(C)c2ncc(C(=O)O)c(N3C[C@H]4CC[C@@H](C3)N(CC3CC3)C4)c12.